The Morgan fingerprint density at radius 2 is 0.918 bits per heavy atom. The molecule has 0 aromatic carbocycles. The lowest BCUT2D eigenvalue weighted by molar-refractivity contribution is -0.305. The van der Waals surface area contributed by atoms with E-state index in [4.69, 9.17) is 18.9 Å². The lowest BCUT2D eigenvalue weighted by Crippen LogP contribution is -2.59. The van der Waals surface area contributed by atoms with Gasteiger partial charge in [-0.25, -0.2) is 0 Å². The number of ether oxygens (including phenoxy) is 4. The van der Waals surface area contributed by atoms with Gasteiger partial charge in [-0.2, -0.15) is 0 Å². The topological polar surface area (TPSA) is 152 Å². The van der Waals surface area contributed by atoms with Gasteiger partial charge in [0.15, 0.2) is 12.4 Å². The van der Waals surface area contributed by atoms with Crippen molar-refractivity contribution in [2.75, 3.05) is 19.8 Å². The molecule has 354 valence electrons. The maximum absolute atomic E-state index is 12.8. The largest absolute Gasteiger partial charge is 0.462 e. The SMILES string of the molecule is CCCCCC/C=C\C/C=C\CCCCCCCCCC(=O)OCC(COC1OC(CO)C(O)C(O)C1O)OC(=O)CCCCCCCCC/C=C\C/C=C\CCCCCC. The standard InChI is InChI=1S/C51H90O10/c1-3-5-7-9-11-13-15-17-19-21-23-25-27-29-31-33-35-37-39-46(53)58-42-44(43-59-51-50(57)49(56)48(55)45(41-52)61-51)60-47(54)40-38-36-34-32-30-28-26-24-22-20-18-16-14-12-10-8-6-4-2/h13-16,19-22,44-45,48-52,55-57H,3-12,17-18,23-43H2,1-2H3/b15-13-,16-14-,21-19-,22-20-. The van der Waals surface area contributed by atoms with Crippen molar-refractivity contribution in [2.24, 2.45) is 0 Å². The zero-order valence-electron chi connectivity index (χ0n) is 38.7. The molecular formula is C51H90O10. The predicted molar refractivity (Wildman–Crippen MR) is 247 cm³/mol. The summed E-state index contributed by atoms with van der Waals surface area (Å²) >= 11 is 0. The fraction of sp³-hybridized carbons (Fsp3) is 0.804. The van der Waals surface area contributed by atoms with E-state index >= 15 is 0 Å². The minimum atomic E-state index is -1.60. The van der Waals surface area contributed by atoms with Crippen LogP contribution in [0.4, 0.5) is 0 Å². The first-order valence-electron chi connectivity index (χ1n) is 24.7. The number of allylic oxidation sites excluding steroid dienone is 8. The van der Waals surface area contributed by atoms with Crippen molar-refractivity contribution in [2.45, 2.75) is 243 Å². The highest BCUT2D eigenvalue weighted by Crippen LogP contribution is 2.23. The summed E-state index contributed by atoms with van der Waals surface area (Å²) < 4.78 is 22.2. The Hall–Kier alpha value is -2.34. The number of hydrogen-bond acceptors (Lipinski definition) is 10. The van der Waals surface area contributed by atoms with Crippen LogP contribution < -0.4 is 0 Å². The molecule has 4 N–H and O–H groups in total. The zero-order chi connectivity index (χ0) is 44.4. The average Bonchev–Trinajstić information content (AvgIpc) is 3.26. The average molecular weight is 863 g/mol. The molecule has 0 aliphatic carbocycles. The van der Waals surface area contributed by atoms with Crippen molar-refractivity contribution in [3.8, 4) is 0 Å². The third-order valence-electron chi connectivity index (χ3n) is 11.2. The van der Waals surface area contributed by atoms with Crippen LogP contribution in [0.3, 0.4) is 0 Å². The van der Waals surface area contributed by atoms with E-state index < -0.39 is 49.4 Å². The van der Waals surface area contributed by atoms with Crippen LogP contribution in [0.25, 0.3) is 0 Å². The number of aliphatic hydroxyl groups excluding tert-OH is 4. The molecule has 1 saturated heterocycles. The number of unbranched alkanes of at least 4 members (excludes halogenated alkanes) is 22. The lowest BCUT2D eigenvalue weighted by atomic mass is 9.99. The van der Waals surface area contributed by atoms with Gasteiger partial charge in [0.2, 0.25) is 0 Å². The molecule has 1 heterocycles. The Bertz CT molecular complexity index is 1130. The highest BCUT2D eigenvalue weighted by atomic mass is 16.7. The van der Waals surface area contributed by atoms with Gasteiger partial charge < -0.3 is 39.4 Å². The predicted octanol–water partition coefficient (Wildman–Crippen LogP) is 11.2. The van der Waals surface area contributed by atoms with Crippen LogP contribution in [-0.4, -0.2) is 89.0 Å². The summed E-state index contributed by atoms with van der Waals surface area (Å²) in [5.41, 5.74) is 0. The van der Waals surface area contributed by atoms with E-state index in [0.717, 1.165) is 64.2 Å². The third kappa shape index (κ3) is 32.9. The molecular weight excluding hydrogens is 773 g/mol. The summed E-state index contributed by atoms with van der Waals surface area (Å²) in [5, 5.41) is 40.2. The third-order valence-corrected chi connectivity index (χ3v) is 11.2. The minimum absolute atomic E-state index is 0.218. The molecule has 0 aromatic heterocycles. The van der Waals surface area contributed by atoms with Crippen molar-refractivity contribution in [1.29, 1.82) is 0 Å². The summed E-state index contributed by atoms with van der Waals surface area (Å²) in [7, 11) is 0. The Balaban J connectivity index is 2.30. The number of rotatable bonds is 41. The van der Waals surface area contributed by atoms with Crippen molar-refractivity contribution >= 4 is 11.9 Å². The van der Waals surface area contributed by atoms with Gasteiger partial charge in [0.05, 0.1) is 13.2 Å². The van der Waals surface area contributed by atoms with Crippen LogP contribution in [0.1, 0.15) is 206 Å². The van der Waals surface area contributed by atoms with Crippen LogP contribution in [0, 0.1) is 0 Å². The van der Waals surface area contributed by atoms with Crippen molar-refractivity contribution < 1.29 is 49.0 Å². The Kier molecular flexibility index (Phi) is 38.7. The van der Waals surface area contributed by atoms with E-state index in [1.807, 2.05) is 0 Å². The molecule has 10 heteroatoms. The molecule has 10 nitrogen and oxygen atoms in total. The molecule has 1 aliphatic heterocycles. The van der Waals surface area contributed by atoms with Gasteiger partial charge in [0.1, 0.15) is 31.0 Å². The van der Waals surface area contributed by atoms with Crippen LogP contribution in [0.5, 0.6) is 0 Å². The second kappa shape index (κ2) is 41.7. The quantitative estimate of drug-likeness (QED) is 0.0265. The maximum Gasteiger partial charge on any atom is 0.306 e. The normalized spacial score (nSPS) is 20.1. The second-order valence-corrected chi connectivity index (χ2v) is 16.9. The molecule has 0 spiro atoms. The van der Waals surface area contributed by atoms with E-state index in [-0.39, 0.29) is 32.0 Å². The number of hydrogen-bond donors (Lipinski definition) is 4. The number of carbonyl (C=O) groups excluding carboxylic acids is 2. The first-order valence-corrected chi connectivity index (χ1v) is 24.7. The molecule has 0 radical (unpaired) electrons. The van der Waals surface area contributed by atoms with Gasteiger partial charge in [-0.1, -0.05) is 165 Å². The van der Waals surface area contributed by atoms with Gasteiger partial charge in [0, 0.05) is 12.8 Å². The van der Waals surface area contributed by atoms with Gasteiger partial charge in [0.25, 0.3) is 0 Å². The minimum Gasteiger partial charge on any atom is -0.462 e. The highest BCUT2D eigenvalue weighted by Gasteiger charge is 2.44. The lowest BCUT2D eigenvalue weighted by Gasteiger charge is -2.39. The summed E-state index contributed by atoms with van der Waals surface area (Å²) in [5.74, 6) is -0.822. The molecule has 1 aliphatic rings. The zero-order valence-corrected chi connectivity index (χ0v) is 38.7. The number of esters is 2. The second-order valence-electron chi connectivity index (χ2n) is 16.9. The molecule has 0 amide bonds. The molecule has 6 unspecified atom stereocenters. The van der Waals surface area contributed by atoms with Crippen LogP contribution in [-0.2, 0) is 28.5 Å². The van der Waals surface area contributed by atoms with Crippen LogP contribution in [0.15, 0.2) is 48.6 Å². The van der Waals surface area contributed by atoms with Gasteiger partial charge in [-0.3, -0.25) is 9.59 Å². The fourth-order valence-electron chi connectivity index (χ4n) is 7.25. The van der Waals surface area contributed by atoms with Crippen LogP contribution in [0.2, 0.25) is 0 Å². The molecule has 1 rings (SSSR count). The highest BCUT2D eigenvalue weighted by molar-refractivity contribution is 5.70. The maximum atomic E-state index is 12.8. The van der Waals surface area contributed by atoms with Crippen LogP contribution >= 0.6 is 0 Å². The Morgan fingerprint density at radius 1 is 0.508 bits per heavy atom. The molecule has 1 fully saturated rings. The molecule has 0 bridgehead atoms. The molecule has 6 atom stereocenters. The monoisotopic (exact) mass is 863 g/mol. The Morgan fingerprint density at radius 3 is 1.36 bits per heavy atom. The summed E-state index contributed by atoms with van der Waals surface area (Å²) in [6.45, 7) is 3.39. The van der Waals surface area contributed by atoms with E-state index in [1.54, 1.807) is 0 Å². The molecule has 0 aromatic rings. The summed E-state index contributed by atoms with van der Waals surface area (Å²) in [4.78, 5) is 25.4. The summed E-state index contributed by atoms with van der Waals surface area (Å²) in [6.07, 6.45) is 42.5. The van der Waals surface area contributed by atoms with Crippen molar-refractivity contribution in [1.82, 2.24) is 0 Å². The van der Waals surface area contributed by atoms with E-state index in [2.05, 4.69) is 62.5 Å². The Labute approximate surface area is 371 Å². The van der Waals surface area contributed by atoms with E-state index in [0.29, 0.717) is 12.8 Å². The first kappa shape index (κ1) is 56.7. The molecule has 61 heavy (non-hydrogen) atoms. The van der Waals surface area contributed by atoms with E-state index in [9.17, 15) is 30.0 Å². The van der Waals surface area contributed by atoms with Gasteiger partial charge in [-0.15, -0.1) is 0 Å². The number of carbonyl (C=O) groups is 2. The van der Waals surface area contributed by atoms with Gasteiger partial charge >= 0.3 is 11.9 Å². The summed E-state index contributed by atoms with van der Waals surface area (Å²) in [6, 6.07) is 0. The van der Waals surface area contributed by atoms with Crippen molar-refractivity contribution in [3.05, 3.63) is 48.6 Å². The van der Waals surface area contributed by atoms with E-state index in [1.165, 1.54) is 103 Å². The van der Waals surface area contributed by atoms with Gasteiger partial charge in [-0.05, 0) is 77.0 Å². The fourth-order valence-corrected chi connectivity index (χ4v) is 7.25. The number of aliphatic hydroxyl groups is 4. The first-order chi connectivity index (χ1) is 29.8. The van der Waals surface area contributed by atoms with Crippen molar-refractivity contribution in [3.63, 3.8) is 0 Å². The molecule has 0 saturated carbocycles. The smallest absolute Gasteiger partial charge is 0.306 e.